The third-order valence-electron chi connectivity index (χ3n) is 1.85. The molecule has 1 rings (SSSR count). The number of carbonyl (C=O) groups is 1. The van der Waals surface area contributed by atoms with Crippen LogP contribution in [0.2, 0.25) is 0 Å². The van der Waals surface area contributed by atoms with E-state index in [-0.39, 0.29) is 10.9 Å². The predicted molar refractivity (Wildman–Crippen MR) is 63.1 cm³/mol. The number of hydrogen-bond acceptors (Lipinski definition) is 6. The Balaban J connectivity index is 2.59. The minimum atomic E-state index is -1.04. The maximum absolute atomic E-state index is 10.7. The van der Waals surface area contributed by atoms with Gasteiger partial charge in [0.25, 0.3) is 0 Å². The first-order valence-corrected chi connectivity index (χ1v) is 6.34. The van der Waals surface area contributed by atoms with Gasteiger partial charge in [0.15, 0.2) is 5.12 Å². The van der Waals surface area contributed by atoms with Crippen molar-refractivity contribution in [2.75, 3.05) is 5.75 Å². The molecule has 6 heteroatoms. The van der Waals surface area contributed by atoms with Crippen molar-refractivity contribution in [3.05, 3.63) is 21.9 Å². The number of aliphatic hydroxyl groups excluding tert-OH is 2. The lowest BCUT2D eigenvalue weighted by molar-refractivity contribution is -0.109. The van der Waals surface area contributed by atoms with Crippen molar-refractivity contribution >= 4 is 28.2 Å². The van der Waals surface area contributed by atoms with Crippen LogP contribution in [0.4, 0.5) is 0 Å². The molecule has 1 heterocycles. The molecule has 4 nitrogen and oxygen atoms in total. The maximum atomic E-state index is 10.7. The lowest BCUT2D eigenvalue weighted by Crippen LogP contribution is -2.20. The molecule has 0 aliphatic rings. The topological polar surface area (TPSA) is 81.3 Å². The van der Waals surface area contributed by atoms with E-state index in [1.165, 1.54) is 6.92 Å². The van der Waals surface area contributed by atoms with Crippen molar-refractivity contribution in [2.24, 2.45) is 0 Å². The number of hydrogen-bond donors (Lipinski definition) is 2. The molecule has 1 aromatic rings. The number of nitrogens with zero attached hydrogens (tertiary/aromatic N) is 1. The number of nitriles is 1. The molecule has 0 aromatic carbocycles. The van der Waals surface area contributed by atoms with E-state index in [1.54, 1.807) is 12.1 Å². The molecule has 1 aromatic heterocycles. The van der Waals surface area contributed by atoms with Crippen LogP contribution in [-0.2, 0) is 4.79 Å². The number of carbonyl (C=O) groups excluding carboxylic acids is 1. The molecule has 0 saturated heterocycles. The Morgan fingerprint density at radius 2 is 2.31 bits per heavy atom. The van der Waals surface area contributed by atoms with Crippen molar-refractivity contribution < 1.29 is 15.0 Å². The summed E-state index contributed by atoms with van der Waals surface area (Å²) in [4.78, 5) is 11.7. The summed E-state index contributed by atoms with van der Waals surface area (Å²) in [5, 5.41) is 27.9. The maximum Gasteiger partial charge on any atom is 0.185 e. The summed E-state index contributed by atoms with van der Waals surface area (Å²) in [7, 11) is 0. The van der Waals surface area contributed by atoms with Crippen molar-refractivity contribution in [3.8, 4) is 6.07 Å². The molecular formula is C10H11NO3S2. The predicted octanol–water partition coefficient (Wildman–Crippen LogP) is 1.29. The molecule has 86 valence electrons. The largest absolute Gasteiger partial charge is 0.389 e. The average Bonchev–Trinajstić information content (AvgIpc) is 2.73. The zero-order valence-corrected chi connectivity index (χ0v) is 10.2. The second kappa shape index (κ2) is 6.01. The van der Waals surface area contributed by atoms with Gasteiger partial charge < -0.3 is 10.2 Å². The van der Waals surface area contributed by atoms with E-state index in [2.05, 4.69) is 0 Å². The molecule has 0 bridgehead atoms. The highest BCUT2D eigenvalue weighted by molar-refractivity contribution is 8.13. The van der Waals surface area contributed by atoms with E-state index < -0.39 is 12.2 Å². The van der Waals surface area contributed by atoms with Gasteiger partial charge in [0, 0.05) is 17.6 Å². The van der Waals surface area contributed by atoms with Crippen LogP contribution in [0.15, 0.2) is 12.1 Å². The third-order valence-corrected chi connectivity index (χ3v) is 3.83. The molecule has 0 amide bonds. The van der Waals surface area contributed by atoms with Gasteiger partial charge in [-0.1, -0.05) is 11.8 Å². The third kappa shape index (κ3) is 3.61. The average molecular weight is 257 g/mol. The molecule has 0 saturated carbocycles. The number of thioether (sulfide) groups is 1. The van der Waals surface area contributed by atoms with E-state index in [1.807, 2.05) is 6.07 Å². The van der Waals surface area contributed by atoms with Crippen molar-refractivity contribution in [2.45, 2.75) is 19.1 Å². The Hall–Kier alpha value is -0.870. The van der Waals surface area contributed by atoms with Crippen LogP contribution in [0.25, 0.3) is 0 Å². The molecular weight excluding hydrogens is 246 g/mol. The van der Waals surface area contributed by atoms with Gasteiger partial charge in [-0.15, -0.1) is 11.3 Å². The lowest BCUT2D eigenvalue weighted by Gasteiger charge is -2.15. The summed E-state index contributed by atoms with van der Waals surface area (Å²) in [6.45, 7) is 1.41. The van der Waals surface area contributed by atoms with Crippen LogP contribution in [0.1, 0.15) is 22.8 Å². The first-order chi connectivity index (χ1) is 7.54. The summed E-state index contributed by atoms with van der Waals surface area (Å²) in [6, 6.07) is 5.16. The fraction of sp³-hybridized carbons (Fsp3) is 0.400. The molecule has 2 N–H and O–H groups in total. The lowest BCUT2D eigenvalue weighted by atomic mass is 10.2. The highest BCUT2D eigenvalue weighted by Crippen LogP contribution is 2.26. The van der Waals surface area contributed by atoms with Gasteiger partial charge in [0.2, 0.25) is 0 Å². The van der Waals surface area contributed by atoms with Crippen LogP contribution in [-0.4, -0.2) is 27.2 Å². The Labute approximate surface area is 102 Å². The van der Waals surface area contributed by atoms with Crippen LogP contribution in [0.3, 0.4) is 0 Å². The number of aliphatic hydroxyl groups is 2. The SMILES string of the molecule is CC(=O)SCC(O)C(O)c1ccc(C#N)s1. The molecule has 0 aliphatic heterocycles. The molecule has 0 fully saturated rings. The second-order valence-corrected chi connectivity index (χ2v) is 5.44. The van der Waals surface area contributed by atoms with Gasteiger partial charge >= 0.3 is 0 Å². The molecule has 16 heavy (non-hydrogen) atoms. The van der Waals surface area contributed by atoms with Gasteiger partial charge in [-0.05, 0) is 12.1 Å². The summed E-state index contributed by atoms with van der Waals surface area (Å²) in [5.74, 6) is 0.149. The minimum Gasteiger partial charge on any atom is -0.389 e. The molecule has 2 atom stereocenters. The normalized spacial score (nSPS) is 14.1. The first-order valence-electron chi connectivity index (χ1n) is 4.54. The summed E-state index contributed by atoms with van der Waals surface area (Å²) in [6.07, 6.45) is -2.04. The Morgan fingerprint density at radius 1 is 1.62 bits per heavy atom. The van der Waals surface area contributed by atoms with Gasteiger partial charge in [-0.2, -0.15) is 5.26 Å². The highest BCUT2D eigenvalue weighted by atomic mass is 32.2. The van der Waals surface area contributed by atoms with Crippen LogP contribution in [0.5, 0.6) is 0 Å². The van der Waals surface area contributed by atoms with E-state index in [9.17, 15) is 15.0 Å². The zero-order valence-electron chi connectivity index (χ0n) is 8.58. The Morgan fingerprint density at radius 3 is 2.81 bits per heavy atom. The number of thiophene rings is 1. The highest BCUT2D eigenvalue weighted by Gasteiger charge is 2.20. The Bertz CT molecular complexity index is 410. The van der Waals surface area contributed by atoms with Gasteiger partial charge in [-0.3, -0.25) is 4.79 Å². The van der Waals surface area contributed by atoms with Crippen molar-refractivity contribution in [1.82, 2.24) is 0 Å². The van der Waals surface area contributed by atoms with Gasteiger partial charge in [-0.25, -0.2) is 0 Å². The summed E-state index contributed by atoms with van der Waals surface area (Å²) in [5.41, 5.74) is 0. The summed E-state index contributed by atoms with van der Waals surface area (Å²) < 4.78 is 0. The van der Waals surface area contributed by atoms with E-state index in [4.69, 9.17) is 5.26 Å². The smallest absolute Gasteiger partial charge is 0.185 e. The van der Waals surface area contributed by atoms with Crippen LogP contribution >= 0.6 is 23.1 Å². The van der Waals surface area contributed by atoms with Crippen LogP contribution < -0.4 is 0 Å². The van der Waals surface area contributed by atoms with E-state index in [0.29, 0.717) is 9.75 Å². The fourth-order valence-electron chi connectivity index (χ4n) is 1.06. The number of rotatable bonds is 4. The molecule has 0 spiro atoms. The minimum absolute atomic E-state index is 0.102. The molecule has 2 unspecified atom stereocenters. The standard InChI is InChI=1S/C10H11NO3S2/c1-6(12)15-5-8(13)10(14)9-3-2-7(4-11)16-9/h2-3,8,10,13-14H,5H2,1H3. The first kappa shape index (κ1) is 13.2. The molecule has 0 radical (unpaired) electrons. The van der Waals surface area contributed by atoms with E-state index in [0.717, 1.165) is 23.1 Å². The van der Waals surface area contributed by atoms with Crippen LogP contribution in [0, 0.1) is 11.3 Å². The van der Waals surface area contributed by atoms with Crippen molar-refractivity contribution in [3.63, 3.8) is 0 Å². The van der Waals surface area contributed by atoms with E-state index >= 15 is 0 Å². The monoisotopic (exact) mass is 257 g/mol. The molecule has 0 aliphatic carbocycles. The Kier molecular flexibility index (Phi) is 4.96. The van der Waals surface area contributed by atoms with Gasteiger partial charge in [0.05, 0.1) is 6.10 Å². The second-order valence-electron chi connectivity index (χ2n) is 3.13. The summed E-state index contributed by atoms with van der Waals surface area (Å²) >= 11 is 2.10. The fourth-order valence-corrected chi connectivity index (χ4v) is 2.49. The van der Waals surface area contributed by atoms with Gasteiger partial charge in [0.1, 0.15) is 17.1 Å². The quantitative estimate of drug-likeness (QED) is 0.849. The van der Waals surface area contributed by atoms with Crippen molar-refractivity contribution in [1.29, 1.82) is 5.26 Å². The zero-order chi connectivity index (χ0) is 12.1.